The SMILES string of the molecule is CC[C@@H](Oc1ccccc1)C(=O)O[C@H](C)C(=O)N1CCN(c2ccccc2)CC1. The number of rotatable bonds is 7. The zero-order valence-electron chi connectivity index (χ0n) is 17.0. The number of carbonyl (C=O) groups is 2. The Morgan fingerprint density at radius 1 is 0.931 bits per heavy atom. The van der Waals surface area contributed by atoms with Gasteiger partial charge in [0.2, 0.25) is 0 Å². The lowest BCUT2D eigenvalue weighted by Gasteiger charge is -2.37. The van der Waals surface area contributed by atoms with Gasteiger partial charge in [0.1, 0.15) is 5.75 Å². The first-order chi connectivity index (χ1) is 14.1. The molecule has 1 aliphatic heterocycles. The number of carbonyl (C=O) groups excluding carboxylic acids is 2. The van der Waals surface area contributed by atoms with E-state index in [0.29, 0.717) is 25.3 Å². The van der Waals surface area contributed by atoms with Crippen LogP contribution in [0.2, 0.25) is 0 Å². The smallest absolute Gasteiger partial charge is 0.348 e. The Hall–Kier alpha value is -3.02. The van der Waals surface area contributed by atoms with Gasteiger partial charge in [-0.15, -0.1) is 0 Å². The predicted octanol–water partition coefficient (Wildman–Crippen LogP) is 3.12. The van der Waals surface area contributed by atoms with Crippen molar-refractivity contribution in [3.8, 4) is 5.75 Å². The second-order valence-corrected chi connectivity index (χ2v) is 7.05. The van der Waals surface area contributed by atoms with Crippen LogP contribution in [0.4, 0.5) is 5.69 Å². The van der Waals surface area contributed by atoms with E-state index in [2.05, 4.69) is 17.0 Å². The van der Waals surface area contributed by atoms with Gasteiger partial charge in [0, 0.05) is 31.9 Å². The molecule has 154 valence electrons. The summed E-state index contributed by atoms with van der Waals surface area (Å²) >= 11 is 0. The van der Waals surface area contributed by atoms with Gasteiger partial charge < -0.3 is 19.3 Å². The highest BCUT2D eigenvalue weighted by Crippen LogP contribution is 2.17. The van der Waals surface area contributed by atoms with Crippen molar-refractivity contribution in [1.29, 1.82) is 0 Å². The lowest BCUT2D eigenvalue weighted by molar-refractivity contribution is -0.165. The molecule has 3 rings (SSSR count). The summed E-state index contributed by atoms with van der Waals surface area (Å²) in [5.74, 6) is -0.0759. The summed E-state index contributed by atoms with van der Waals surface area (Å²) in [4.78, 5) is 29.2. The Balaban J connectivity index is 1.50. The van der Waals surface area contributed by atoms with Crippen molar-refractivity contribution in [1.82, 2.24) is 4.90 Å². The van der Waals surface area contributed by atoms with E-state index in [1.165, 1.54) is 0 Å². The minimum Gasteiger partial charge on any atom is -0.479 e. The monoisotopic (exact) mass is 396 g/mol. The number of hydrogen-bond donors (Lipinski definition) is 0. The largest absolute Gasteiger partial charge is 0.479 e. The molecule has 0 aliphatic carbocycles. The van der Waals surface area contributed by atoms with Gasteiger partial charge in [0.15, 0.2) is 12.2 Å². The van der Waals surface area contributed by atoms with Crippen LogP contribution in [0.1, 0.15) is 20.3 Å². The standard InChI is InChI=1S/C23H28N2O4/c1-3-21(29-20-12-8-5-9-13-20)23(27)28-18(2)22(26)25-16-14-24(15-17-25)19-10-6-4-7-11-19/h4-13,18,21H,3,14-17H2,1-2H3/t18-,21-/m1/s1. The van der Waals surface area contributed by atoms with Gasteiger partial charge in [0.25, 0.3) is 5.91 Å². The summed E-state index contributed by atoms with van der Waals surface area (Å²) in [6.07, 6.45) is -1.11. The van der Waals surface area contributed by atoms with Crippen molar-refractivity contribution in [3.05, 3.63) is 60.7 Å². The van der Waals surface area contributed by atoms with E-state index in [1.807, 2.05) is 43.3 Å². The number of ether oxygens (including phenoxy) is 2. The van der Waals surface area contributed by atoms with Gasteiger partial charge in [-0.25, -0.2) is 4.79 Å². The fourth-order valence-electron chi connectivity index (χ4n) is 3.34. The molecule has 1 aliphatic rings. The fraction of sp³-hybridized carbons (Fsp3) is 0.391. The summed E-state index contributed by atoms with van der Waals surface area (Å²) in [7, 11) is 0. The molecule has 0 radical (unpaired) electrons. The van der Waals surface area contributed by atoms with Crippen LogP contribution >= 0.6 is 0 Å². The van der Waals surface area contributed by atoms with Crippen LogP contribution in [-0.2, 0) is 14.3 Å². The molecule has 0 N–H and O–H groups in total. The van der Waals surface area contributed by atoms with Crippen molar-refractivity contribution in [2.45, 2.75) is 32.5 Å². The van der Waals surface area contributed by atoms with E-state index >= 15 is 0 Å². The van der Waals surface area contributed by atoms with Crippen LogP contribution in [0.15, 0.2) is 60.7 Å². The molecular formula is C23H28N2O4. The van der Waals surface area contributed by atoms with Crippen molar-refractivity contribution in [2.24, 2.45) is 0 Å². The molecule has 1 amide bonds. The van der Waals surface area contributed by atoms with E-state index in [9.17, 15) is 9.59 Å². The normalized spacial score (nSPS) is 16.1. The molecule has 2 atom stereocenters. The first-order valence-electron chi connectivity index (χ1n) is 10.1. The maximum absolute atomic E-state index is 12.7. The molecule has 29 heavy (non-hydrogen) atoms. The zero-order chi connectivity index (χ0) is 20.6. The summed E-state index contributed by atoms with van der Waals surface area (Å²) in [6, 6.07) is 19.3. The van der Waals surface area contributed by atoms with Crippen molar-refractivity contribution in [3.63, 3.8) is 0 Å². The lowest BCUT2D eigenvalue weighted by Crippen LogP contribution is -2.52. The molecule has 1 fully saturated rings. The van der Waals surface area contributed by atoms with Crippen molar-refractivity contribution in [2.75, 3.05) is 31.1 Å². The summed E-state index contributed by atoms with van der Waals surface area (Å²) in [5, 5.41) is 0. The molecule has 0 saturated carbocycles. The molecule has 0 aromatic heterocycles. The lowest BCUT2D eigenvalue weighted by atomic mass is 10.2. The Morgan fingerprint density at radius 2 is 1.52 bits per heavy atom. The molecule has 6 heteroatoms. The number of benzene rings is 2. The summed E-state index contributed by atoms with van der Waals surface area (Å²) in [5.41, 5.74) is 1.16. The van der Waals surface area contributed by atoms with Crippen LogP contribution in [0.25, 0.3) is 0 Å². The maximum Gasteiger partial charge on any atom is 0.348 e. The van der Waals surface area contributed by atoms with Gasteiger partial charge >= 0.3 is 5.97 Å². The number of piperazine rings is 1. The van der Waals surface area contributed by atoms with Crippen molar-refractivity contribution < 1.29 is 19.1 Å². The Bertz CT molecular complexity index is 789. The van der Waals surface area contributed by atoms with E-state index < -0.39 is 18.2 Å². The fourth-order valence-corrected chi connectivity index (χ4v) is 3.34. The minimum absolute atomic E-state index is 0.166. The highest BCUT2D eigenvalue weighted by atomic mass is 16.6. The third kappa shape index (κ3) is 5.50. The maximum atomic E-state index is 12.7. The van der Waals surface area contributed by atoms with Crippen molar-refractivity contribution >= 4 is 17.6 Å². The van der Waals surface area contributed by atoms with Crippen LogP contribution < -0.4 is 9.64 Å². The van der Waals surface area contributed by atoms with Gasteiger partial charge in [-0.2, -0.15) is 0 Å². The second-order valence-electron chi connectivity index (χ2n) is 7.05. The highest BCUT2D eigenvalue weighted by molar-refractivity contribution is 5.85. The third-order valence-corrected chi connectivity index (χ3v) is 5.01. The summed E-state index contributed by atoms with van der Waals surface area (Å²) in [6.45, 7) is 6.19. The number of hydrogen-bond acceptors (Lipinski definition) is 5. The Morgan fingerprint density at radius 3 is 2.10 bits per heavy atom. The molecule has 0 spiro atoms. The van der Waals surface area contributed by atoms with E-state index in [-0.39, 0.29) is 5.91 Å². The van der Waals surface area contributed by atoms with E-state index in [0.717, 1.165) is 18.8 Å². The first-order valence-corrected chi connectivity index (χ1v) is 10.1. The third-order valence-electron chi connectivity index (χ3n) is 5.01. The van der Waals surface area contributed by atoms with Gasteiger partial charge in [-0.3, -0.25) is 4.79 Å². The summed E-state index contributed by atoms with van der Waals surface area (Å²) < 4.78 is 11.1. The Kier molecular flexibility index (Phi) is 7.11. The van der Waals surface area contributed by atoms with E-state index in [1.54, 1.807) is 24.0 Å². The molecule has 6 nitrogen and oxygen atoms in total. The van der Waals surface area contributed by atoms with Crippen LogP contribution in [0, 0.1) is 0 Å². The number of esters is 1. The average Bonchev–Trinajstić information content (AvgIpc) is 2.78. The highest BCUT2D eigenvalue weighted by Gasteiger charge is 2.30. The topological polar surface area (TPSA) is 59.1 Å². The van der Waals surface area contributed by atoms with Gasteiger partial charge in [-0.05, 0) is 37.6 Å². The second kappa shape index (κ2) is 9.96. The molecule has 2 aromatic carbocycles. The zero-order valence-corrected chi connectivity index (χ0v) is 17.0. The number of nitrogens with zero attached hydrogens (tertiary/aromatic N) is 2. The molecular weight excluding hydrogens is 368 g/mol. The molecule has 0 unspecified atom stereocenters. The molecule has 1 heterocycles. The molecule has 0 bridgehead atoms. The quantitative estimate of drug-likeness (QED) is 0.673. The molecule has 1 saturated heterocycles. The predicted molar refractivity (Wildman–Crippen MR) is 112 cm³/mol. The van der Waals surface area contributed by atoms with E-state index in [4.69, 9.17) is 9.47 Å². The number of amides is 1. The van der Waals surface area contributed by atoms with Gasteiger partial charge in [0.05, 0.1) is 0 Å². The first kappa shape index (κ1) is 20.7. The number of para-hydroxylation sites is 2. The number of anilines is 1. The average molecular weight is 396 g/mol. The Labute approximate surface area is 172 Å². The molecule has 2 aromatic rings. The minimum atomic E-state index is -0.834. The van der Waals surface area contributed by atoms with Gasteiger partial charge in [-0.1, -0.05) is 43.3 Å². The van der Waals surface area contributed by atoms with Crippen LogP contribution in [-0.4, -0.2) is 55.2 Å². The van der Waals surface area contributed by atoms with Crippen LogP contribution in [0.3, 0.4) is 0 Å². The van der Waals surface area contributed by atoms with Crippen LogP contribution in [0.5, 0.6) is 5.75 Å².